The van der Waals surface area contributed by atoms with Crippen LogP contribution in [0.2, 0.25) is 5.02 Å². The summed E-state index contributed by atoms with van der Waals surface area (Å²) >= 11 is 7.39. The molecular formula is C18H20ClN3O2S. The van der Waals surface area contributed by atoms with Crippen LogP contribution in [0.15, 0.2) is 34.2 Å². The number of carbonyl (C=O) groups excluding carboxylic acids is 1. The number of benzene rings is 1. The largest absolute Gasteiger partial charge is 0.326 e. The number of nitrogens with zero attached hydrogens (tertiary/aromatic N) is 1. The lowest BCUT2D eigenvalue weighted by Gasteiger charge is -2.14. The Morgan fingerprint density at radius 3 is 3.00 bits per heavy atom. The van der Waals surface area contributed by atoms with Crippen molar-refractivity contribution in [3.8, 4) is 0 Å². The first-order valence-corrected chi connectivity index (χ1v) is 9.78. The molecular weight excluding hydrogens is 358 g/mol. The predicted octanol–water partition coefficient (Wildman–Crippen LogP) is 3.81. The molecule has 25 heavy (non-hydrogen) atoms. The Labute approximate surface area is 155 Å². The Hall–Kier alpha value is -1.79. The van der Waals surface area contributed by atoms with E-state index in [0.29, 0.717) is 28.7 Å². The van der Waals surface area contributed by atoms with Gasteiger partial charge in [0, 0.05) is 28.4 Å². The van der Waals surface area contributed by atoms with E-state index in [4.69, 9.17) is 11.6 Å². The molecule has 1 aliphatic rings. The number of nitrogens with one attached hydrogen (secondary N) is 2. The number of rotatable bonds is 6. The van der Waals surface area contributed by atoms with Crippen molar-refractivity contribution in [3.05, 3.63) is 50.9 Å². The van der Waals surface area contributed by atoms with Gasteiger partial charge in [0.25, 0.3) is 5.56 Å². The highest BCUT2D eigenvalue weighted by Gasteiger charge is 2.15. The van der Waals surface area contributed by atoms with Crippen LogP contribution in [-0.4, -0.2) is 21.6 Å². The van der Waals surface area contributed by atoms with Gasteiger partial charge < -0.3 is 10.3 Å². The van der Waals surface area contributed by atoms with E-state index < -0.39 is 0 Å². The van der Waals surface area contributed by atoms with Crippen LogP contribution in [0, 0.1) is 0 Å². The molecule has 132 valence electrons. The number of fused-ring (bicyclic) bond motifs is 1. The molecule has 5 nitrogen and oxygen atoms in total. The summed E-state index contributed by atoms with van der Waals surface area (Å²) in [7, 11) is 0. The summed E-state index contributed by atoms with van der Waals surface area (Å²) in [6.45, 7) is 0. The van der Waals surface area contributed by atoms with Gasteiger partial charge in [0.1, 0.15) is 0 Å². The van der Waals surface area contributed by atoms with Gasteiger partial charge >= 0.3 is 0 Å². The van der Waals surface area contributed by atoms with Crippen molar-refractivity contribution >= 4 is 35.0 Å². The van der Waals surface area contributed by atoms with Crippen LogP contribution in [0.25, 0.3) is 0 Å². The maximum Gasteiger partial charge on any atom is 0.254 e. The number of H-pyrrole nitrogens is 1. The summed E-state index contributed by atoms with van der Waals surface area (Å²) in [5.41, 5.74) is 2.48. The average molecular weight is 378 g/mol. The summed E-state index contributed by atoms with van der Waals surface area (Å²) < 4.78 is 0. The lowest BCUT2D eigenvalue weighted by Crippen LogP contribution is -2.21. The number of carbonyl (C=O) groups is 1. The molecule has 0 bridgehead atoms. The minimum Gasteiger partial charge on any atom is -0.326 e. The zero-order valence-electron chi connectivity index (χ0n) is 13.8. The highest BCUT2D eigenvalue weighted by Crippen LogP contribution is 2.20. The first-order valence-electron chi connectivity index (χ1n) is 8.42. The van der Waals surface area contributed by atoms with E-state index in [1.807, 2.05) is 0 Å². The summed E-state index contributed by atoms with van der Waals surface area (Å²) in [6.07, 6.45) is 4.98. The molecule has 1 amide bonds. The number of aromatic amines is 1. The fraction of sp³-hybridized carbons (Fsp3) is 0.389. The van der Waals surface area contributed by atoms with Gasteiger partial charge in [-0.2, -0.15) is 0 Å². The molecule has 3 rings (SSSR count). The van der Waals surface area contributed by atoms with Crippen LogP contribution < -0.4 is 10.9 Å². The number of aryl methyl sites for hydroxylation is 1. The molecule has 0 aliphatic heterocycles. The minimum absolute atomic E-state index is 0.00843. The molecule has 1 aliphatic carbocycles. The van der Waals surface area contributed by atoms with Crippen LogP contribution in [-0.2, 0) is 17.6 Å². The summed E-state index contributed by atoms with van der Waals surface area (Å²) in [6, 6.07) is 7.09. The maximum absolute atomic E-state index is 12.1. The Morgan fingerprint density at radius 1 is 1.32 bits per heavy atom. The van der Waals surface area contributed by atoms with E-state index in [0.717, 1.165) is 42.7 Å². The SMILES string of the molecule is O=C(CCCSc1nc2c(c(=O)[nH]1)CCCC2)Nc1cccc(Cl)c1. The average Bonchev–Trinajstić information content (AvgIpc) is 2.59. The third kappa shape index (κ3) is 5.09. The normalized spacial score (nSPS) is 13.3. The van der Waals surface area contributed by atoms with Crippen LogP contribution in [0.1, 0.15) is 36.9 Å². The van der Waals surface area contributed by atoms with Crippen molar-refractivity contribution < 1.29 is 4.79 Å². The van der Waals surface area contributed by atoms with Crippen LogP contribution in [0.5, 0.6) is 0 Å². The molecule has 0 fully saturated rings. The number of hydrogen-bond acceptors (Lipinski definition) is 4. The van der Waals surface area contributed by atoms with Crippen molar-refractivity contribution in [1.82, 2.24) is 9.97 Å². The number of anilines is 1. The zero-order chi connectivity index (χ0) is 17.6. The molecule has 0 radical (unpaired) electrons. The van der Waals surface area contributed by atoms with Gasteiger partial charge in [0.15, 0.2) is 5.16 Å². The highest BCUT2D eigenvalue weighted by molar-refractivity contribution is 7.99. The molecule has 0 saturated carbocycles. The van der Waals surface area contributed by atoms with E-state index in [9.17, 15) is 9.59 Å². The molecule has 0 saturated heterocycles. The maximum atomic E-state index is 12.1. The van der Waals surface area contributed by atoms with Gasteiger partial charge in [0.2, 0.25) is 5.91 Å². The van der Waals surface area contributed by atoms with Crippen molar-refractivity contribution in [3.63, 3.8) is 0 Å². The Bertz CT molecular complexity index is 822. The Morgan fingerprint density at radius 2 is 2.16 bits per heavy atom. The fourth-order valence-electron chi connectivity index (χ4n) is 2.84. The first-order chi connectivity index (χ1) is 12.1. The molecule has 2 N–H and O–H groups in total. The lowest BCUT2D eigenvalue weighted by atomic mass is 9.97. The van der Waals surface area contributed by atoms with Crippen LogP contribution in [0.3, 0.4) is 0 Å². The van der Waals surface area contributed by atoms with Gasteiger partial charge in [-0.15, -0.1) is 0 Å². The molecule has 1 aromatic heterocycles. The molecule has 1 aromatic carbocycles. The van der Waals surface area contributed by atoms with Crippen molar-refractivity contribution in [1.29, 1.82) is 0 Å². The van der Waals surface area contributed by atoms with Crippen molar-refractivity contribution in [2.45, 2.75) is 43.7 Å². The third-order valence-corrected chi connectivity index (χ3v) is 5.26. The highest BCUT2D eigenvalue weighted by atomic mass is 35.5. The number of hydrogen-bond donors (Lipinski definition) is 2. The molecule has 0 unspecified atom stereocenters. The number of amides is 1. The van der Waals surface area contributed by atoms with Crippen LogP contribution in [0.4, 0.5) is 5.69 Å². The minimum atomic E-state index is -0.0465. The monoisotopic (exact) mass is 377 g/mol. The van der Waals surface area contributed by atoms with Crippen LogP contribution >= 0.6 is 23.4 Å². The summed E-state index contributed by atoms with van der Waals surface area (Å²) in [5.74, 6) is 0.680. The van der Waals surface area contributed by atoms with Gasteiger partial charge in [-0.1, -0.05) is 29.4 Å². The predicted molar refractivity (Wildman–Crippen MR) is 102 cm³/mol. The second kappa shape index (κ2) is 8.54. The van der Waals surface area contributed by atoms with Crippen molar-refractivity contribution in [2.24, 2.45) is 0 Å². The van der Waals surface area contributed by atoms with Gasteiger partial charge in [-0.05, 0) is 50.3 Å². The Balaban J connectivity index is 1.46. The van der Waals surface area contributed by atoms with Gasteiger partial charge in [-0.25, -0.2) is 4.98 Å². The lowest BCUT2D eigenvalue weighted by molar-refractivity contribution is -0.116. The molecule has 7 heteroatoms. The molecule has 2 aromatic rings. The third-order valence-electron chi connectivity index (χ3n) is 4.07. The smallest absolute Gasteiger partial charge is 0.254 e. The Kier molecular flexibility index (Phi) is 6.15. The van der Waals surface area contributed by atoms with Crippen molar-refractivity contribution in [2.75, 3.05) is 11.1 Å². The topological polar surface area (TPSA) is 74.8 Å². The van der Waals surface area contributed by atoms with Gasteiger partial charge in [-0.3, -0.25) is 9.59 Å². The molecule has 0 spiro atoms. The van der Waals surface area contributed by atoms with E-state index in [2.05, 4.69) is 15.3 Å². The van der Waals surface area contributed by atoms with E-state index in [-0.39, 0.29) is 11.5 Å². The standard InChI is InChI=1S/C18H20ClN3O2S/c19-12-5-3-6-13(11-12)20-16(23)9-4-10-25-18-21-15-8-2-1-7-14(15)17(24)22-18/h3,5-6,11H,1-2,4,7-10H2,(H,20,23)(H,21,22,24). The van der Waals surface area contributed by atoms with Gasteiger partial charge in [0.05, 0.1) is 5.69 Å². The quantitative estimate of drug-likeness (QED) is 0.456. The summed E-state index contributed by atoms with van der Waals surface area (Å²) in [5, 5.41) is 4.07. The van der Waals surface area contributed by atoms with E-state index in [1.54, 1.807) is 24.3 Å². The first kappa shape index (κ1) is 18.0. The van der Waals surface area contributed by atoms with E-state index in [1.165, 1.54) is 11.8 Å². The van der Waals surface area contributed by atoms with E-state index >= 15 is 0 Å². The molecule has 1 heterocycles. The summed E-state index contributed by atoms with van der Waals surface area (Å²) in [4.78, 5) is 31.4. The number of thioether (sulfide) groups is 1. The number of aromatic nitrogens is 2. The zero-order valence-corrected chi connectivity index (χ0v) is 15.4. The second-order valence-corrected chi connectivity index (χ2v) is 7.53. The number of halogens is 1. The second-order valence-electron chi connectivity index (χ2n) is 6.01. The fourth-order valence-corrected chi connectivity index (χ4v) is 3.85. The molecule has 0 atom stereocenters.